The monoisotopic (exact) mass is 531 g/mol. The van der Waals surface area contributed by atoms with Gasteiger partial charge in [0.15, 0.2) is 5.96 Å². The number of benzene rings is 1. The van der Waals surface area contributed by atoms with Gasteiger partial charge in [-0.25, -0.2) is 4.98 Å². The average molecular weight is 531 g/mol. The Balaban J connectivity index is 0.00000300. The second-order valence-corrected chi connectivity index (χ2v) is 7.64. The number of piperazine rings is 1. The first-order valence-electron chi connectivity index (χ1n) is 9.42. The Labute approximate surface area is 194 Å². The summed E-state index contributed by atoms with van der Waals surface area (Å²) in [6.07, 6.45) is 0. The molecule has 2 heterocycles. The molecule has 29 heavy (non-hydrogen) atoms. The summed E-state index contributed by atoms with van der Waals surface area (Å²) >= 11 is 1.68. The smallest absolute Gasteiger partial charge is 0.194 e. The number of nitrogens with one attached hydrogen (secondary N) is 1. The van der Waals surface area contributed by atoms with Gasteiger partial charge in [0.1, 0.15) is 11.5 Å². The molecule has 1 N–H and O–H groups in total. The van der Waals surface area contributed by atoms with E-state index in [1.54, 1.807) is 25.6 Å². The summed E-state index contributed by atoms with van der Waals surface area (Å²) in [7, 11) is 5.25. The van der Waals surface area contributed by atoms with Crippen LogP contribution < -0.4 is 14.8 Å². The van der Waals surface area contributed by atoms with Crippen molar-refractivity contribution >= 4 is 41.3 Å². The lowest BCUT2D eigenvalue weighted by molar-refractivity contribution is 0.171. The van der Waals surface area contributed by atoms with E-state index in [0.29, 0.717) is 0 Å². The van der Waals surface area contributed by atoms with Crippen LogP contribution in [0.1, 0.15) is 16.1 Å². The van der Waals surface area contributed by atoms with Crippen LogP contribution in [0.5, 0.6) is 11.5 Å². The Bertz CT molecular complexity index is 806. The minimum absolute atomic E-state index is 0. The minimum atomic E-state index is 0. The second kappa shape index (κ2) is 11.6. The number of halogens is 1. The summed E-state index contributed by atoms with van der Waals surface area (Å²) in [5, 5.41) is 3.47. The standard InChI is InChI=1S/C20H29N5O2S.HI/c1-15-19(28-14-23-15)12-22-20(21-2)25-9-7-24(8-10-25)13-16-11-17(26-3)5-6-18(16)27-4;/h5-6,11,14H,7-10,12-13H2,1-4H3,(H,21,22);1H. The Kier molecular flexibility index (Phi) is 9.44. The normalized spacial score (nSPS) is 15.0. The highest BCUT2D eigenvalue weighted by atomic mass is 127. The highest BCUT2D eigenvalue weighted by molar-refractivity contribution is 14.0. The molecule has 0 atom stereocenters. The third-order valence-corrected chi connectivity index (χ3v) is 5.95. The molecule has 0 radical (unpaired) electrons. The van der Waals surface area contributed by atoms with Crippen molar-refractivity contribution in [3.05, 3.63) is 39.8 Å². The van der Waals surface area contributed by atoms with Crippen LogP contribution in [-0.4, -0.2) is 68.2 Å². The van der Waals surface area contributed by atoms with Crippen LogP contribution in [0.4, 0.5) is 0 Å². The van der Waals surface area contributed by atoms with Gasteiger partial charge in [-0.2, -0.15) is 0 Å². The molecule has 1 aromatic carbocycles. The van der Waals surface area contributed by atoms with E-state index in [1.807, 2.05) is 31.6 Å². The number of aryl methyl sites for hydroxylation is 1. The quantitative estimate of drug-likeness (QED) is 0.352. The van der Waals surface area contributed by atoms with E-state index in [2.05, 4.69) is 31.2 Å². The average Bonchev–Trinajstić information content (AvgIpc) is 3.14. The van der Waals surface area contributed by atoms with E-state index in [9.17, 15) is 0 Å². The number of rotatable bonds is 6. The van der Waals surface area contributed by atoms with Crippen molar-refractivity contribution < 1.29 is 9.47 Å². The number of aliphatic imine (C=N–C) groups is 1. The molecular formula is C20H30IN5O2S. The van der Waals surface area contributed by atoms with Gasteiger partial charge in [0.2, 0.25) is 0 Å². The van der Waals surface area contributed by atoms with Gasteiger partial charge < -0.3 is 19.7 Å². The lowest BCUT2D eigenvalue weighted by atomic mass is 10.1. The molecule has 0 aliphatic carbocycles. The molecule has 0 spiro atoms. The number of hydrogen-bond donors (Lipinski definition) is 1. The molecule has 160 valence electrons. The van der Waals surface area contributed by atoms with Gasteiger partial charge in [0.05, 0.1) is 32.0 Å². The molecule has 1 saturated heterocycles. The summed E-state index contributed by atoms with van der Waals surface area (Å²) in [5.74, 6) is 2.71. The van der Waals surface area contributed by atoms with Gasteiger partial charge in [0.25, 0.3) is 0 Å². The fourth-order valence-electron chi connectivity index (χ4n) is 3.35. The number of thiazole rings is 1. The van der Waals surface area contributed by atoms with Crippen molar-refractivity contribution in [3.8, 4) is 11.5 Å². The first kappa shape index (κ1) is 23.7. The number of ether oxygens (including phenoxy) is 2. The van der Waals surface area contributed by atoms with Crippen LogP contribution in [0.25, 0.3) is 0 Å². The van der Waals surface area contributed by atoms with Crippen molar-refractivity contribution in [2.45, 2.75) is 20.0 Å². The topological polar surface area (TPSA) is 62.2 Å². The second-order valence-electron chi connectivity index (χ2n) is 6.70. The van der Waals surface area contributed by atoms with E-state index in [-0.39, 0.29) is 24.0 Å². The molecule has 2 aromatic rings. The third-order valence-electron chi connectivity index (χ3n) is 5.02. The maximum absolute atomic E-state index is 5.51. The molecule has 1 aliphatic heterocycles. The number of methoxy groups -OCH3 is 2. The third kappa shape index (κ3) is 6.19. The van der Waals surface area contributed by atoms with Crippen LogP contribution in [0.2, 0.25) is 0 Å². The van der Waals surface area contributed by atoms with E-state index in [1.165, 1.54) is 4.88 Å². The van der Waals surface area contributed by atoms with Crippen molar-refractivity contribution in [1.29, 1.82) is 0 Å². The van der Waals surface area contributed by atoms with Crippen molar-refractivity contribution in [1.82, 2.24) is 20.1 Å². The van der Waals surface area contributed by atoms with Crippen molar-refractivity contribution in [2.24, 2.45) is 4.99 Å². The molecule has 0 unspecified atom stereocenters. The lowest BCUT2D eigenvalue weighted by Gasteiger charge is -2.36. The SMILES string of the molecule is CN=C(NCc1scnc1C)N1CCN(Cc2cc(OC)ccc2OC)CC1.I. The summed E-state index contributed by atoms with van der Waals surface area (Å²) in [4.78, 5) is 14.8. The van der Waals surface area contributed by atoms with Crippen LogP contribution in [-0.2, 0) is 13.1 Å². The molecule has 7 nitrogen and oxygen atoms in total. The Hall–Kier alpha value is -1.59. The Morgan fingerprint density at radius 3 is 2.55 bits per heavy atom. The molecule has 1 aliphatic rings. The number of guanidine groups is 1. The number of aromatic nitrogens is 1. The van der Waals surface area contributed by atoms with Gasteiger partial charge >= 0.3 is 0 Å². The fourth-order valence-corrected chi connectivity index (χ4v) is 4.07. The number of hydrogen-bond acceptors (Lipinski definition) is 6. The van der Waals surface area contributed by atoms with Gasteiger partial charge in [-0.1, -0.05) is 0 Å². The van der Waals surface area contributed by atoms with E-state index in [0.717, 1.165) is 68.0 Å². The van der Waals surface area contributed by atoms with E-state index < -0.39 is 0 Å². The van der Waals surface area contributed by atoms with E-state index in [4.69, 9.17) is 9.47 Å². The van der Waals surface area contributed by atoms with Crippen LogP contribution in [0.3, 0.4) is 0 Å². The Morgan fingerprint density at radius 1 is 1.21 bits per heavy atom. The molecule has 3 rings (SSSR count). The predicted octanol–water partition coefficient (Wildman–Crippen LogP) is 2.98. The Morgan fingerprint density at radius 2 is 1.97 bits per heavy atom. The molecular weight excluding hydrogens is 501 g/mol. The molecule has 0 saturated carbocycles. The van der Waals surface area contributed by atoms with E-state index >= 15 is 0 Å². The maximum atomic E-state index is 5.51. The molecule has 9 heteroatoms. The maximum Gasteiger partial charge on any atom is 0.194 e. The molecule has 1 fully saturated rings. The largest absolute Gasteiger partial charge is 0.497 e. The summed E-state index contributed by atoms with van der Waals surface area (Å²) in [6.45, 7) is 7.48. The van der Waals surface area contributed by atoms with Gasteiger partial charge in [-0.05, 0) is 25.1 Å². The summed E-state index contributed by atoms with van der Waals surface area (Å²) in [6, 6.07) is 5.96. The lowest BCUT2D eigenvalue weighted by Crippen LogP contribution is -2.52. The highest BCUT2D eigenvalue weighted by Crippen LogP contribution is 2.25. The predicted molar refractivity (Wildman–Crippen MR) is 129 cm³/mol. The number of nitrogens with zero attached hydrogens (tertiary/aromatic N) is 4. The molecule has 1 aromatic heterocycles. The van der Waals surface area contributed by atoms with Gasteiger partial charge in [-0.15, -0.1) is 35.3 Å². The minimum Gasteiger partial charge on any atom is -0.497 e. The first-order valence-corrected chi connectivity index (χ1v) is 10.3. The van der Waals surface area contributed by atoms with Crippen molar-refractivity contribution in [2.75, 3.05) is 47.4 Å². The van der Waals surface area contributed by atoms with Crippen LogP contribution in [0, 0.1) is 6.92 Å². The van der Waals surface area contributed by atoms with Crippen LogP contribution >= 0.6 is 35.3 Å². The van der Waals surface area contributed by atoms with Gasteiger partial charge in [0, 0.05) is 50.2 Å². The molecule has 0 bridgehead atoms. The molecule has 0 amide bonds. The zero-order chi connectivity index (χ0) is 19.9. The fraction of sp³-hybridized carbons (Fsp3) is 0.500. The zero-order valence-electron chi connectivity index (χ0n) is 17.5. The summed E-state index contributed by atoms with van der Waals surface area (Å²) in [5.41, 5.74) is 4.13. The highest BCUT2D eigenvalue weighted by Gasteiger charge is 2.21. The first-order chi connectivity index (χ1) is 13.6. The van der Waals surface area contributed by atoms with Crippen LogP contribution in [0.15, 0.2) is 28.7 Å². The summed E-state index contributed by atoms with van der Waals surface area (Å²) < 4.78 is 10.9. The van der Waals surface area contributed by atoms with Gasteiger partial charge in [-0.3, -0.25) is 9.89 Å². The zero-order valence-corrected chi connectivity index (χ0v) is 20.6. The van der Waals surface area contributed by atoms with Crippen molar-refractivity contribution in [3.63, 3.8) is 0 Å².